The maximum absolute atomic E-state index is 11.9. The summed E-state index contributed by atoms with van der Waals surface area (Å²) in [5.74, 6) is 0.659. The summed E-state index contributed by atoms with van der Waals surface area (Å²) in [6, 6.07) is 0. The van der Waals surface area contributed by atoms with E-state index in [-0.39, 0.29) is 0 Å². The van der Waals surface area contributed by atoms with Gasteiger partial charge in [0.25, 0.3) is 0 Å². The van der Waals surface area contributed by atoms with Gasteiger partial charge in [0.1, 0.15) is 6.26 Å². The van der Waals surface area contributed by atoms with Crippen molar-refractivity contribution in [3.63, 3.8) is 0 Å². The van der Waals surface area contributed by atoms with E-state index in [1.54, 1.807) is 12.5 Å². The van der Waals surface area contributed by atoms with Crippen molar-refractivity contribution in [2.24, 2.45) is 11.3 Å². The highest BCUT2D eigenvalue weighted by atomic mass is 32.2. The molecule has 6 heteroatoms. The van der Waals surface area contributed by atoms with Crippen molar-refractivity contribution in [3.8, 4) is 0 Å². The molecule has 0 bridgehead atoms. The minimum atomic E-state index is -3.13. The molecule has 2 aliphatic rings. The summed E-state index contributed by atoms with van der Waals surface area (Å²) in [5, 5.41) is 3.59. The summed E-state index contributed by atoms with van der Waals surface area (Å²) in [6.07, 6.45) is 9.95. The molecule has 1 heterocycles. The van der Waals surface area contributed by atoms with E-state index in [2.05, 4.69) is 9.88 Å². The molecule has 106 valence electrons. The molecule has 5 nitrogen and oxygen atoms in total. The molecule has 2 fully saturated rings. The number of nitrogens with one attached hydrogen (secondary N) is 1. The quantitative estimate of drug-likeness (QED) is 0.863. The summed E-state index contributed by atoms with van der Waals surface area (Å²) in [6.45, 7) is 0.418. The van der Waals surface area contributed by atoms with Crippen molar-refractivity contribution in [2.45, 2.75) is 38.5 Å². The van der Waals surface area contributed by atoms with Crippen LogP contribution >= 0.6 is 0 Å². The lowest BCUT2D eigenvalue weighted by Gasteiger charge is -2.54. The summed E-state index contributed by atoms with van der Waals surface area (Å²) in [4.78, 5) is 0. The fourth-order valence-corrected chi connectivity index (χ4v) is 4.83. The highest BCUT2D eigenvalue weighted by Crippen LogP contribution is 2.58. The van der Waals surface area contributed by atoms with Crippen LogP contribution in [0.2, 0.25) is 0 Å². The molecular formula is C13H20N2O3S. The number of nitrogens with zero attached hydrogens (tertiary/aromatic N) is 1. The van der Waals surface area contributed by atoms with Crippen LogP contribution in [-0.4, -0.2) is 25.9 Å². The van der Waals surface area contributed by atoms with Crippen LogP contribution in [-0.2, 0) is 16.4 Å². The monoisotopic (exact) mass is 284 g/mol. The maximum atomic E-state index is 11.9. The van der Waals surface area contributed by atoms with E-state index in [1.807, 2.05) is 0 Å². The van der Waals surface area contributed by atoms with Crippen LogP contribution in [0.5, 0.6) is 0 Å². The highest BCUT2D eigenvalue weighted by molar-refractivity contribution is 7.89. The van der Waals surface area contributed by atoms with Gasteiger partial charge in [-0.05, 0) is 43.4 Å². The standard InChI is InChI=1S/C13H20N2O3S/c16-19(17,15-5-2-11-8-14-18-9-11)10-12-6-13(7-12)3-1-4-13/h8-9,12,15H,1-7,10H2. The van der Waals surface area contributed by atoms with Gasteiger partial charge in [0.05, 0.1) is 11.9 Å². The maximum Gasteiger partial charge on any atom is 0.211 e. The first-order valence-electron chi connectivity index (χ1n) is 6.93. The molecule has 19 heavy (non-hydrogen) atoms. The molecular weight excluding hydrogens is 264 g/mol. The minimum Gasteiger partial charge on any atom is -0.364 e. The number of hydrogen-bond donors (Lipinski definition) is 1. The third-order valence-electron chi connectivity index (χ3n) is 4.53. The first-order valence-corrected chi connectivity index (χ1v) is 8.58. The molecule has 1 N–H and O–H groups in total. The molecule has 3 rings (SSSR count). The topological polar surface area (TPSA) is 72.2 Å². The summed E-state index contributed by atoms with van der Waals surface area (Å²) < 4.78 is 31.2. The smallest absolute Gasteiger partial charge is 0.211 e. The zero-order valence-corrected chi connectivity index (χ0v) is 11.8. The Kier molecular flexibility index (Phi) is 3.39. The Hall–Kier alpha value is -0.880. The second-order valence-corrected chi connectivity index (χ2v) is 7.94. The largest absolute Gasteiger partial charge is 0.364 e. The molecule has 1 spiro atoms. The van der Waals surface area contributed by atoms with Crippen LogP contribution in [0.15, 0.2) is 17.0 Å². The molecule has 0 aliphatic heterocycles. The minimum absolute atomic E-state index is 0.290. The van der Waals surface area contributed by atoms with E-state index in [9.17, 15) is 8.42 Å². The third kappa shape index (κ3) is 3.00. The number of sulfonamides is 1. The van der Waals surface area contributed by atoms with E-state index in [0.29, 0.717) is 30.1 Å². The average molecular weight is 284 g/mol. The SMILES string of the molecule is O=S(=O)(CC1CC2(CCC2)C1)NCCc1cnoc1. The molecule has 0 unspecified atom stereocenters. The van der Waals surface area contributed by atoms with Crippen molar-refractivity contribution in [2.75, 3.05) is 12.3 Å². The first-order chi connectivity index (χ1) is 9.07. The van der Waals surface area contributed by atoms with Crippen LogP contribution in [0.25, 0.3) is 0 Å². The average Bonchev–Trinajstić information content (AvgIpc) is 2.72. The van der Waals surface area contributed by atoms with Gasteiger partial charge in [0.2, 0.25) is 10.0 Å². The van der Waals surface area contributed by atoms with Crippen molar-refractivity contribution in [1.82, 2.24) is 9.88 Å². The Morgan fingerprint density at radius 2 is 2.21 bits per heavy atom. The van der Waals surface area contributed by atoms with E-state index < -0.39 is 10.0 Å². The van der Waals surface area contributed by atoms with E-state index in [4.69, 9.17) is 4.52 Å². The molecule has 1 aromatic heterocycles. The molecule has 0 amide bonds. The number of rotatable bonds is 6. The summed E-state index contributed by atoms with van der Waals surface area (Å²) in [5.41, 5.74) is 1.46. The zero-order valence-electron chi connectivity index (χ0n) is 11.0. The Labute approximate surface area is 113 Å². The van der Waals surface area contributed by atoms with Crippen LogP contribution in [0.4, 0.5) is 0 Å². The lowest BCUT2D eigenvalue weighted by molar-refractivity contribution is -0.0148. The second kappa shape index (κ2) is 4.90. The van der Waals surface area contributed by atoms with Crippen molar-refractivity contribution in [1.29, 1.82) is 0 Å². The van der Waals surface area contributed by atoms with Gasteiger partial charge in [0.15, 0.2) is 0 Å². The van der Waals surface area contributed by atoms with Gasteiger partial charge in [-0.2, -0.15) is 0 Å². The summed E-state index contributed by atoms with van der Waals surface area (Å²) >= 11 is 0. The summed E-state index contributed by atoms with van der Waals surface area (Å²) in [7, 11) is -3.13. The van der Waals surface area contributed by atoms with Crippen LogP contribution < -0.4 is 4.72 Å². The lowest BCUT2D eigenvalue weighted by Crippen LogP contribution is -2.46. The van der Waals surface area contributed by atoms with Crippen LogP contribution in [0.1, 0.15) is 37.7 Å². The van der Waals surface area contributed by atoms with Crippen molar-refractivity contribution < 1.29 is 12.9 Å². The molecule has 2 saturated carbocycles. The molecule has 1 aromatic rings. The van der Waals surface area contributed by atoms with E-state index in [1.165, 1.54) is 19.3 Å². The molecule has 0 radical (unpaired) electrons. The predicted octanol–water partition coefficient (Wildman–Crippen LogP) is 1.72. The van der Waals surface area contributed by atoms with E-state index in [0.717, 1.165) is 18.4 Å². The van der Waals surface area contributed by atoms with Gasteiger partial charge >= 0.3 is 0 Å². The number of hydrogen-bond acceptors (Lipinski definition) is 4. The molecule has 0 atom stereocenters. The Morgan fingerprint density at radius 3 is 2.79 bits per heavy atom. The number of aromatic nitrogens is 1. The molecule has 0 aromatic carbocycles. The fraction of sp³-hybridized carbons (Fsp3) is 0.769. The first kappa shape index (κ1) is 13.1. The highest BCUT2D eigenvalue weighted by Gasteiger charge is 2.48. The van der Waals surface area contributed by atoms with Gasteiger partial charge < -0.3 is 4.52 Å². The third-order valence-corrected chi connectivity index (χ3v) is 6.09. The Balaban J connectivity index is 1.40. The lowest BCUT2D eigenvalue weighted by atomic mass is 9.52. The van der Waals surface area contributed by atoms with Crippen LogP contribution in [0.3, 0.4) is 0 Å². The van der Waals surface area contributed by atoms with Crippen molar-refractivity contribution in [3.05, 3.63) is 18.0 Å². The van der Waals surface area contributed by atoms with E-state index >= 15 is 0 Å². The molecule has 0 saturated heterocycles. The zero-order chi connectivity index (χ0) is 13.3. The Morgan fingerprint density at radius 1 is 1.42 bits per heavy atom. The van der Waals surface area contributed by atoms with Crippen molar-refractivity contribution >= 4 is 10.0 Å². The van der Waals surface area contributed by atoms with Gasteiger partial charge in [-0.1, -0.05) is 11.6 Å². The second-order valence-electron chi connectivity index (χ2n) is 6.09. The van der Waals surface area contributed by atoms with Gasteiger partial charge in [-0.15, -0.1) is 0 Å². The molecule has 2 aliphatic carbocycles. The van der Waals surface area contributed by atoms with Crippen LogP contribution in [0, 0.1) is 11.3 Å². The fourth-order valence-electron chi connectivity index (χ4n) is 3.44. The van der Waals surface area contributed by atoms with Gasteiger partial charge in [0, 0.05) is 12.1 Å². The predicted molar refractivity (Wildman–Crippen MR) is 71.0 cm³/mol. The Bertz CT molecular complexity index is 512. The van der Waals surface area contributed by atoms with Gasteiger partial charge in [-0.3, -0.25) is 0 Å². The normalized spacial score (nSPS) is 22.1. The van der Waals surface area contributed by atoms with Gasteiger partial charge in [-0.25, -0.2) is 13.1 Å².